The lowest BCUT2D eigenvalue weighted by Crippen LogP contribution is -1.85. The molecule has 0 amide bonds. The zero-order valence-corrected chi connectivity index (χ0v) is 7.77. The fourth-order valence-corrected chi connectivity index (χ4v) is 1.38. The number of pyridine rings is 1. The smallest absolute Gasteiger partial charge is 0.142 e. The van der Waals surface area contributed by atoms with E-state index in [9.17, 15) is 4.39 Å². The van der Waals surface area contributed by atoms with Gasteiger partial charge in [-0.1, -0.05) is 17.7 Å². The molecule has 0 saturated heterocycles. The van der Waals surface area contributed by atoms with E-state index in [0.717, 1.165) is 16.6 Å². The highest BCUT2D eigenvalue weighted by molar-refractivity contribution is 6.31. The first-order chi connectivity index (χ1) is 6.16. The van der Waals surface area contributed by atoms with E-state index in [0.29, 0.717) is 0 Å². The van der Waals surface area contributed by atoms with Gasteiger partial charge in [-0.15, -0.1) is 0 Å². The molecule has 1 aromatic carbocycles. The second-order valence-corrected chi connectivity index (χ2v) is 3.32. The summed E-state index contributed by atoms with van der Waals surface area (Å²) in [6, 6.07) is 6.61. The molecule has 0 unspecified atom stereocenters. The van der Waals surface area contributed by atoms with Crippen molar-refractivity contribution in [3.63, 3.8) is 0 Å². The van der Waals surface area contributed by atoms with Crippen LogP contribution in [-0.4, -0.2) is 4.98 Å². The Labute approximate surface area is 80.2 Å². The van der Waals surface area contributed by atoms with E-state index in [1.165, 1.54) is 6.07 Å². The largest absolute Gasteiger partial charge is 0.253 e. The average Bonchev–Trinajstić information content (AvgIpc) is 2.08. The summed E-state index contributed by atoms with van der Waals surface area (Å²) in [7, 11) is 0. The summed E-state index contributed by atoms with van der Waals surface area (Å²) in [5.74, 6) is -0.403. The number of halogens is 2. The Kier molecular flexibility index (Phi) is 1.93. The van der Waals surface area contributed by atoms with Crippen molar-refractivity contribution in [3.8, 4) is 0 Å². The zero-order chi connectivity index (χ0) is 9.42. The van der Waals surface area contributed by atoms with Crippen molar-refractivity contribution in [1.29, 1.82) is 0 Å². The third kappa shape index (κ3) is 1.49. The standard InChI is InChI=1S/C10H7ClFN/c1-6-2-3-7-4-9(12)8(11)5-10(7)13-6/h2-5H,1H3. The van der Waals surface area contributed by atoms with E-state index >= 15 is 0 Å². The summed E-state index contributed by atoms with van der Waals surface area (Å²) < 4.78 is 13.0. The molecule has 66 valence electrons. The van der Waals surface area contributed by atoms with Crippen LogP contribution in [0.4, 0.5) is 4.39 Å². The first-order valence-corrected chi connectivity index (χ1v) is 4.27. The third-order valence-corrected chi connectivity index (χ3v) is 2.16. The number of hydrogen-bond acceptors (Lipinski definition) is 1. The zero-order valence-electron chi connectivity index (χ0n) is 7.01. The third-order valence-electron chi connectivity index (χ3n) is 1.87. The molecule has 1 nitrogen and oxygen atoms in total. The van der Waals surface area contributed by atoms with Crippen LogP contribution in [0.2, 0.25) is 5.02 Å². The minimum absolute atomic E-state index is 0.116. The van der Waals surface area contributed by atoms with Gasteiger partial charge in [0.1, 0.15) is 5.82 Å². The monoisotopic (exact) mass is 195 g/mol. The first kappa shape index (κ1) is 8.45. The number of fused-ring (bicyclic) bond motifs is 1. The topological polar surface area (TPSA) is 12.9 Å². The van der Waals surface area contributed by atoms with Crippen molar-refractivity contribution in [3.05, 3.63) is 40.8 Å². The molecule has 1 heterocycles. The SMILES string of the molecule is Cc1ccc2cc(F)c(Cl)cc2n1. The van der Waals surface area contributed by atoms with Gasteiger partial charge < -0.3 is 0 Å². The number of benzene rings is 1. The summed E-state index contributed by atoms with van der Waals surface area (Å²) in [6.07, 6.45) is 0. The molecule has 0 atom stereocenters. The van der Waals surface area contributed by atoms with Gasteiger partial charge in [0.2, 0.25) is 0 Å². The summed E-state index contributed by atoms with van der Waals surface area (Å²) in [6.45, 7) is 1.89. The number of aromatic nitrogens is 1. The number of nitrogens with zero attached hydrogens (tertiary/aromatic N) is 1. The number of aryl methyl sites for hydroxylation is 1. The molecule has 3 heteroatoms. The number of hydrogen-bond donors (Lipinski definition) is 0. The molecule has 0 aliphatic heterocycles. The highest BCUT2D eigenvalue weighted by Gasteiger charge is 2.02. The van der Waals surface area contributed by atoms with Crippen LogP contribution in [-0.2, 0) is 0 Å². The van der Waals surface area contributed by atoms with E-state index < -0.39 is 5.82 Å². The van der Waals surface area contributed by atoms with Gasteiger partial charge in [0.15, 0.2) is 0 Å². The molecular weight excluding hydrogens is 189 g/mol. The quantitative estimate of drug-likeness (QED) is 0.628. The van der Waals surface area contributed by atoms with Crippen molar-refractivity contribution in [2.75, 3.05) is 0 Å². The molecule has 0 fully saturated rings. The molecule has 1 aromatic heterocycles. The van der Waals surface area contributed by atoms with Crippen LogP contribution in [0.1, 0.15) is 5.69 Å². The summed E-state index contributed by atoms with van der Waals surface area (Å²) in [5.41, 5.74) is 1.63. The van der Waals surface area contributed by atoms with Crippen molar-refractivity contribution in [1.82, 2.24) is 4.98 Å². The van der Waals surface area contributed by atoms with Crippen LogP contribution in [0, 0.1) is 12.7 Å². The molecule has 0 spiro atoms. The van der Waals surface area contributed by atoms with Crippen LogP contribution in [0.5, 0.6) is 0 Å². The fourth-order valence-electron chi connectivity index (χ4n) is 1.22. The van der Waals surface area contributed by atoms with E-state index in [-0.39, 0.29) is 5.02 Å². The number of rotatable bonds is 0. The van der Waals surface area contributed by atoms with Crippen LogP contribution in [0.3, 0.4) is 0 Å². The minimum atomic E-state index is -0.403. The molecule has 0 saturated carbocycles. The van der Waals surface area contributed by atoms with E-state index in [1.54, 1.807) is 6.07 Å². The van der Waals surface area contributed by atoms with Gasteiger partial charge in [0.25, 0.3) is 0 Å². The lowest BCUT2D eigenvalue weighted by Gasteiger charge is -2.00. The van der Waals surface area contributed by atoms with Crippen LogP contribution in [0.15, 0.2) is 24.3 Å². The Morgan fingerprint density at radius 2 is 2.08 bits per heavy atom. The van der Waals surface area contributed by atoms with Crippen LogP contribution in [0.25, 0.3) is 10.9 Å². The fraction of sp³-hybridized carbons (Fsp3) is 0.100. The van der Waals surface area contributed by atoms with Crippen LogP contribution >= 0.6 is 11.6 Å². The second-order valence-electron chi connectivity index (χ2n) is 2.91. The van der Waals surface area contributed by atoms with E-state index in [1.807, 2.05) is 19.1 Å². The van der Waals surface area contributed by atoms with Crippen molar-refractivity contribution < 1.29 is 4.39 Å². The van der Waals surface area contributed by atoms with Crippen molar-refractivity contribution >= 4 is 22.5 Å². The van der Waals surface area contributed by atoms with Gasteiger partial charge in [0.05, 0.1) is 10.5 Å². The normalized spacial score (nSPS) is 10.7. The molecule has 2 aromatic rings. The van der Waals surface area contributed by atoms with E-state index in [2.05, 4.69) is 4.98 Å². The maximum absolute atomic E-state index is 13.0. The Bertz CT molecular complexity index is 468. The second kappa shape index (κ2) is 2.96. The molecule has 0 aliphatic carbocycles. The molecule has 0 N–H and O–H groups in total. The Hall–Kier alpha value is -1.15. The molecule has 0 bridgehead atoms. The minimum Gasteiger partial charge on any atom is -0.253 e. The van der Waals surface area contributed by atoms with Crippen LogP contribution < -0.4 is 0 Å². The van der Waals surface area contributed by atoms with Gasteiger partial charge in [-0.3, -0.25) is 4.98 Å². The maximum Gasteiger partial charge on any atom is 0.142 e. The molecule has 13 heavy (non-hydrogen) atoms. The molecule has 2 rings (SSSR count). The first-order valence-electron chi connectivity index (χ1n) is 3.89. The Balaban J connectivity index is 2.81. The van der Waals surface area contributed by atoms with Crippen molar-refractivity contribution in [2.24, 2.45) is 0 Å². The predicted molar refractivity (Wildman–Crippen MR) is 51.4 cm³/mol. The lowest BCUT2D eigenvalue weighted by atomic mass is 10.2. The predicted octanol–water partition coefficient (Wildman–Crippen LogP) is 3.34. The summed E-state index contributed by atoms with van der Waals surface area (Å²) >= 11 is 5.62. The highest BCUT2D eigenvalue weighted by atomic mass is 35.5. The van der Waals surface area contributed by atoms with Gasteiger partial charge in [-0.2, -0.15) is 0 Å². The molecule has 0 radical (unpaired) electrons. The van der Waals surface area contributed by atoms with Gasteiger partial charge in [-0.25, -0.2) is 4.39 Å². The van der Waals surface area contributed by atoms with Gasteiger partial charge >= 0.3 is 0 Å². The maximum atomic E-state index is 13.0. The lowest BCUT2D eigenvalue weighted by molar-refractivity contribution is 0.630. The summed E-state index contributed by atoms with van der Waals surface area (Å²) in [4.78, 5) is 4.23. The van der Waals surface area contributed by atoms with Gasteiger partial charge in [0, 0.05) is 11.1 Å². The van der Waals surface area contributed by atoms with E-state index in [4.69, 9.17) is 11.6 Å². The van der Waals surface area contributed by atoms with Gasteiger partial charge in [-0.05, 0) is 25.1 Å². The Morgan fingerprint density at radius 1 is 1.31 bits per heavy atom. The molecule has 0 aliphatic rings. The van der Waals surface area contributed by atoms with Crippen molar-refractivity contribution in [2.45, 2.75) is 6.92 Å². The highest BCUT2D eigenvalue weighted by Crippen LogP contribution is 2.21. The molecular formula is C10H7ClFN. The Morgan fingerprint density at radius 3 is 2.85 bits per heavy atom. The summed E-state index contributed by atoms with van der Waals surface area (Å²) in [5, 5.41) is 0.887. The average molecular weight is 196 g/mol.